The third-order valence-corrected chi connectivity index (χ3v) is 2.70. The zero-order valence-electron chi connectivity index (χ0n) is 8.82. The van der Waals surface area contributed by atoms with E-state index in [1.165, 1.54) is 24.3 Å². The van der Waals surface area contributed by atoms with Crippen molar-refractivity contribution in [1.82, 2.24) is 4.98 Å². The van der Waals surface area contributed by atoms with Gasteiger partial charge in [0.15, 0.2) is 0 Å². The van der Waals surface area contributed by atoms with Crippen molar-refractivity contribution in [3.8, 4) is 11.1 Å². The number of hydrogen-bond acceptors (Lipinski definition) is 2. The molecule has 0 spiro atoms. The molecule has 0 radical (unpaired) electrons. The van der Waals surface area contributed by atoms with Crippen molar-refractivity contribution in [2.75, 3.05) is 0 Å². The van der Waals surface area contributed by atoms with Crippen LogP contribution in [0.25, 0.3) is 11.1 Å². The van der Waals surface area contributed by atoms with E-state index in [2.05, 4.69) is 4.98 Å². The molecule has 1 aromatic carbocycles. The molecule has 0 amide bonds. The van der Waals surface area contributed by atoms with Crippen LogP contribution in [0.2, 0.25) is 10.0 Å². The molecule has 0 saturated heterocycles. The summed E-state index contributed by atoms with van der Waals surface area (Å²) in [4.78, 5) is 14.2. The van der Waals surface area contributed by atoms with E-state index in [4.69, 9.17) is 28.3 Å². The number of aromatic carboxylic acids is 1. The maximum Gasteiger partial charge on any atom is 0.337 e. The second kappa shape index (κ2) is 4.92. The van der Waals surface area contributed by atoms with Crippen molar-refractivity contribution in [3.05, 3.63) is 52.0 Å². The van der Waals surface area contributed by atoms with Gasteiger partial charge in [-0.2, -0.15) is 4.39 Å². The van der Waals surface area contributed by atoms with E-state index in [9.17, 15) is 9.18 Å². The first kappa shape index (κ1) is 12.8. The van der Waals surface area contributed by atoms with Crippen LogP contribution in [-0.4, -0.2) is 16.1 Å². The molecule has 0 bridgehead atoms. The molecule has 0 aliphatic rings. The van der Waals surface area contributed by atoms with Gasteiger partial charge in [-0.25, -0.2) is 9.78 Å². The zero-order chi connectivity index (χ0) is 13.3. The summed E-state index contributed by atoms with van der Waals surface area (Å²) in [6.45, 7) is 0. The number of carboxylic acid groups (broad SMARTS) is 1. The second-order valence-electron chi connectivity index (χ2n) is 3.53. The maximum absolute atomic E-state index is 13.6. The van der Waals surface area contributed by atoms with Crippen LogP contribution >= 0.6 is 23.2 Å². The van der Waals surface area contributed by atoms with Crippen LogP contribution in [-0.2, 0) is 0 Å². The molecule has 1 aromatic heterocycles. The Hall–Kier alpha value is -1.65. The van der Waals surface area contributed by atoms with Crippen molar-refractivity contribution >= 4 is 29.2 Å². The van der Waals surface area contributed by atoms with Crippen molar-refractivity contribution in [3.63, 3.8) is 0 Å². The van der Waals surface area contributed by atoms with Gasteiger partial charge in [0.2, 0.25) is 5.95 Å². The van der Waals surface area contributed by atoms with Crippen LogP contribution in [0, 0.1) is 5.95 Å². The van der Waals surface area contributed by atoms with Crippen LogP contribution in [0.15, 0.2) is 30.5 Å². The summed E-state index contributed by atoms with van der Waals surface area (Å²) in [5.74, 6) is -1.96. The van der Waals surface area contributed by atoms with E-state index in [0.29, 0.717) is 15.6 Å². The fourth-order valence-corrected chi connectivity index (χ4v) is 2.00. The molecule has 1 heterocycles. The molecule has 0 aliphatic carbocycles. The summed E-state index contributed by atoms with van der Waals surface area (Å²) in [7, 11) is 0. The fraction of sp³-hybridized carbons (Fsp3) is 0. The van der Waals surface area contributed by atoms with Crippen LogP contribution in [0.5, 0.6) is 0 Å². The van der Waals surface area contributed by atoms with Gasteiger partial charge in [-0.05, 0) is 29.8 Å². The molecule has 0 aliphatic heterocycles. The number of benzene rings is 1. The second-order valence-corrected chi connectivity index (χ2v) is 4.40. The SMILES string of the molecule is O=C(O)c1cnc(F)c(-c2cc(Cl)cc(Cl)c2)c1. The molecule has 18 heavy (non-hydrogen) atoms. The largest absolute Gasteiger partial charge is 0.478 e. The molecule has 2 aromatic rings. The van der Waals surface area contributed by atoms with Crippen LogP contribution < -0.4 is 0 Å². The van der Waals surface area contributed by atoms with Gasteiger partial charge in [0.05, 0.1) is 5.56 Å². The number of carboxylic acids is 1. The lowest BCUT2D eigenvalue weighted by Crippen LogP contribution is -2.00. The molecule has 3 nitrogen and oxygen atoms in total. The standard InChI is InChI=1S/C12H6Cl2FNO2/c13-8-1-6(2-9(14)4-8)10-3-7(12(17)18)5-16-11(10)15/h1-5H,(H,17,18). The number of carbonyl (C=O) groups is 1. The monoisotopic (exact) mass is 285 g/mol. The van der Waals surface area contributed by atoms with Gasteiger partial charge in [0, 0.05) is 21.8 Å². The maximum atomic E-state index is 13.6. The van der Waals surface area contributed by atoms with E-state index in [0.717, 1.165) is 6.20 Å². The molecule has 0 saturated carbocycles. The Morgan fingerprint density at radius 3 is 2.33 bits per heavy atom. The predicted octanol–water partition coefficient (Wildman–Crippen LogP) is 3.89. The van der Waals surface area contributed by atoms with Gasteiger partial charge in [-0.3, -0.25) is 0 Å². The first-order chi connectivity index (χ1) is 8.47. The Kier molecular flexibility index (Phi) is 3.50. The highest BCUT2D eigenvalue weighted by Gasteiger charge is 2.12. The van der Waals surface area contributed by atoms with Crippen molar-refractivity contribution < 1.29 is 14.3 Å². The fourth-order valence-electron chi connectivity index (χ4n) is 1.48. The van der Waals surface area contributed by atoms with E-state index >= 15 is 0 Å². The highest BCUT2D eigenvalue weighted by atomic mass is 35.5. The van der Waals surface area contributed by atoms with E-state index in [1.807, 2.05) is 0 Å². The molecule has 2 rings (SSSR count). The molecule has 92 valence electrons. The molecular weight excluding hydrogens is 280 g/mol. The minimum Gasteiger partial charge on any atom is -0.478 e. The number of halogens is 3. The van der Waals surface area contributed by atoms with Gasteiger partial charge < -0.3 is 5.11 Å². The summed E-state index contributed by atoms with van der Waals surface area (Å²) < 4.78 is 13.6. The van der Waals surface area contributed by atoms with E-state index < -0.39 is 11.9 Å². The molecule has 6 heteroatoms. The number of aromatic nitrogens is 1. The minimum atomic E-state index is -1.18. The number of nitrogens with zero attached hydrogens (tertiary/aromatic N) is 1. The quantitative estimate of drug-likeness (QED) is 0.852. The predicted molar refractivity (Wildman–Crippen MR) is 66.6 cm³/mol. The van der Waals surface area contributed by atoms with Gasteiger partial charge in [0.1, 0.15) is 0 Å². The summed E-state index contributed by atoms with van der Waals surface area (Å²) in [6.07, 6.45) is 0.952. The van der Waals surface area contributed by atoms with Gasteiger partial charge >= 0.3 is 5.97 Å². The first-order valence-corrected chi connectivity index (χ1v) is 5.58. The van der Waals surface area contributed by atoms with Gasteiger partial charge in [-0.15, -0.1) is 0 Å². The summed E-state index contributed by atoms with van der Waals surface area (Å²) in [5, 5.41) is 9.50. The molecule has 0 atom stereocenters. The Morgan fingerprint density at radius 1 is 1.17 bits per heavy atom. The Balaban J connectivity index is 2.62. The topological polar surface area (TPSA) is 50.2 Å². The van der Waals surface area contributed by atoms with Crippen LogP contribution in [0.4, 0.5) is 4.39 Å². The Bertz CT molecular complexity index is 611. The third-order valence-electron chi connectivity index (χ3n) is 2.26. The minimum absolute atomic E-state index is 0.0410. The lowest BCUT2D eigenvalue weighted by molar-refractivity contribution is 0.0696. The lowest BCUT2D eigenvalue weighted by Gasteiger charge is -2.05. The number of pyridine rings is 1. The zero-order valence-corrected chi connectivity index (χ0v) is 10.3. The van der Waals surface area contributed by atoms with Crippen molar-refractivity contribution in [1.29, 1.82) is 0 Å². The van der Waals surface area contributed by atoms with Gasteiger partial charge in [-0.1, -0.05) is 23.2 Å². The highest BCUT2D eigenvalue weighted by Crippen LogP contribution is 2.28. The average molecular weight is 286 g/mol. The Morgan fingerprint density at radius 2 is 1.78 bits per heavy atom. The molecule has 0 unspecified atom stereocenters. The number of hydrogen-bond donors (Lipinski definition) is 1. The van der Waals surface area contributed by atoms with Crippen molar-refractivity contribution in [2.45, 2.75) is 0 Å². The highest BCUT2D eigenvalue weighted by molar-refractivity contribution is 6.35. The van der Waals surface area contributed by atoms with Crippen molar-refractivity contribution in [2.24, 2.45) is 0 Å². The normalized spacial score (nSPS) is 10.4. The average Bonchev–Trinajstić information content (AvgIpc) is 2.27. The third kappa shape index (κ3) is 2.60. The molecule has 1 N–H and O–H groups in total. The molecule has 0 fully saturated rings. The summed E-state index contributed by atoms with van der Waals surface area (Å²) >= 11 is 11.6. The smallest absolute Gasteiger partial charge is 0.337 e. The lowest BCUT2D eigenvalue weighted by atomic mass is 10.1. The summed E-state index contributed by atoms with van der Waals surface area (Å²) in [6, 6.07) is 5.66. The van der Waals surface area contributed by atoms with Crippen LogP contribution in [0.3, 0.4) is 0 Å². The molecular formula is C12H6Cl2FNO2. The first-order valence-electron chi connectivity index (χ1n) is 4.82. The van der Waals surface area contributed by atoms with Gasteiger partial charge in [0.25, 0.3) is 0 Å². The Labute approximate surface area is 112 Å². The van der Waals surface area contributed by atoms with E-state index in [-0.39, 0.29) is 11.1 Å². The summed E-state index contributed by atoms with van der Waals surface area (Å²) in [5.41, 5.74) is 0.308. The van der Waals surface area contributed by atoms with E-state index in [1.54, 1.807) is 0 Å². The number of rotatable bonds is 2. The van der Waals surface area contributed by atoms with Crippen LogP contribution in [0.1, 0.15) is 10.4 Å².